The number of carbonyl (C=O) groups excluding carboxylic acids is 1. The molecule has 0 atom stereocenters. The van der Waals surface area contributed by atoms with E-state index in [0.29, 0.717) is 5.56 Å². The number of primary amides is 1. The Labute approximate surface area is 95.3 Å². The fourth-order valence-corrected chi connectivity index (χ4v) is 1.35. The van der Waals surface area contributed by atoms with Gasteiger partial charge in [0.2, 0.25) is 5.91 Å². The van der Waals surface area contributed by atoms with Crippen molar-refractivity contribution in [1.82, 2.24) is 0 Å². The normalized spacial score (nSPS) is 9.21. The van der Waals surface area contributed by atoms with Gasteiger partial charge in [-0.05, 0) is 24.5 Å². The van der Waals surface area contributed by atoms with Gasteiger partial charge >= 0.3 is 0 Å². The molecule has 0 saturated carbocycles. The first-order valence-electron chi connectivity index (χ1n) is 4.63. The molecule has 0 radical (unpaired) electrons. The quantitative estimate of drug-likeness (QED) is 0.886. The van der Waals surface area contributed by atoms with Gasteiger partial charge in [-0.3, -0.25) is 4.79 Å². The van der Waals surface area contributed by atoms with E-state index in [-0.39, 0.29) is 22.9 Å². The van der Waals surface area contributed by atoms with Gasteiger partial charge in [0.05, 0.1) is 0 Å². The molecular weight excluding hydrogens is 242 g/mol. The number of benzene rings is 1. The van der Waals surface area contributed by atoms with Crippen LogP contribution in [-0.2, 0) is 6.42 Å². The van der Waals surface area contributed by atoms with Crippen LogP contribution in [0.4, 0.5) is 0 Å². The van der Waals surface area contributed by atoms with Gasteiger partial charge in [-0.25, -0.2) is 0 Å². The van der Waals surface area contributed by atoms with Crippen molar-refractivity contribution in [2.45, 2.75) is 26.2 Å². The van der Waals surface area contributed by atoms with Crippen molar-refractivity contribution in [1.29, 1.82) is 0 Å². The van der Waals surface area contributed by atoms with Crippen LogP contribution in [0.15, 0.2) is 24.3 Å². The second kappa shape index (κ2) is 6.60. The number of unbranched alkanes of at least 4 members (excludes halogenated alkanes) is 1. The van der Waals surface area contributed by atoms with Crippen molar-refractivity contribution in [2.75, 3.05) is 0 Å². The van der Waals surface area contributed by atoms with Crippen LogP contribution in [0.1, 0.15) is 35.7 Å². The largest absolute Gasteiger partial charge is 0.366 e. The number of hydrogen-bond donors (Lipinski definition) is 1. The first-order valence-corrected chi connectivity index (χ1v) is 4.63. The van der Waals surface area contributed by atoms with E-state index in [1.165, 1.54) is 0 Å². The zero-order valence-electron chi connectivity index (χ0n) is 8.32. The summed E-state index contributed by atoms with van der Waals surface area (Å²) in [5, 5.41) is 0. The number of hydrogen-bond acceptors (Lipinski definition) is 1. The molecule has 14 heavy (non-hydrogen) atoms. The summed E-state index contributed by atoms with van der Waals surface area (Å²) in [4.78, 5) is 11.0. The summed E-state index contributed by atoms with van der Waals surface area (Å²) in [6.45, 7) is 2.13. The van der Waals surface area contributed by atoms with Gasteiger partial charge in [-0.15, -0.1) is 17.0 Å². The van der Waals surface area contributed by atoms with Gasteiger partial charge in [0.1, 0.15) is 0 Å². The first-order chi connectivity index (χ1) is 6.25. The van der Waals surface area contributed by atoms with E-state index < -0.39 is 0 Å². The molecule has 0 aliphatic heterocycles. The van der Waals surface area contributed by atoms with Crippen LogP contribution in [0.5, 0.6) is 0 Å². The number of amides is 1. The van der Waals surface area contributed by atoms with E-state index in [1.54, 1.807) is 6.07 Å². The number of rotatable bonds is 4. The molecule has 2 N–H and O–H groups in total. The highest BCUT2D eigenvalue weighted by Crippen LogP contribution is 2.11. The Balaban J connectivity index is 0.00000169. The fraction of sp³-hybridized carbons (Fsp3) is 0.364. The van der Waals surface area contributed by atoms with E-state index in [1.807, 2.05) is 18.2 Å². The summed E-state index contributed by atoms with van der Waals surface area (Å²) in [6, 6.07) is 7.54. The van der Waals surface area contributed by atoms with Crippen LogP contribution in [0.2, 0.25) is 0 Å². The summed E-state index contributed by atoms with van der Waals surface area (Å²) in [6.07, 6.45) is 3.17. The van der Waals surface area contributed by atoms with E-state index in [9.17, 15) is 4.79 Å². The lowest BCUT2D eigenvalue weighted by Gasteiger charge is -2.04. The van der Waals surface area contributed by atoms with Crippen molar-refractivity contribution in [3.05, 3.63) is 35.4 Å². The molecule has 3 heteroatoms. The second-order valence-electron chi connectivity index (χ2n) is 3.12. The maximum atomic E-state index is 11.0. The Kier molecular flexibility index (Phi) is 6.21. The summed E-state index contributed by atoms with van der Waals surface area (Å²) >= 11 is 0. The molecule has 0 spiro atoms. The number of carbonyl (C=O) groups is 1. The lowest BCUT2D eigenvalue weighted by atomic mass is 10.0. The average molecular weight is 258 g/mol. The molecule has 0 heterocycles. The van der Waals surface area contributed by atoms with Gasteiger partial charge in [0, 0.05) is 5.56 Å². The minimum atomic E-state index is -0.327. The summed E-state index contributed by atoms with van der Waals surface area (Å²) in [5.74, 6) is -0.327. The van der Waals surface area contributed by atoms with E-state index in [2.05, 4.69) is 6.92 Å². The highest BCUT2D eigenvalue weighted by atomic mass is 79.9. The molecule has 0 saturated heterocycles. The third kappa shape index (κ3) is 3.50. The topological polar surface area (TPSA) is 43.1 Å². The van der Waals surface area contributed by atoms with Crippen LogP contribution >= 0.6 is 17.0 Å². The predicted molar refractivity (Wildman–Crippen MR) is 63.9 cm³/mol. The molecule has 1 rings (SSSR count). The molecule has 1 aromatic rings. The molecule has 1 aromatic carbocycles. The molecular formula is C11H16BrNO. The average Bonchev–Trinajstić information content (AvgIpc) is 2.15. The summed E-state index contributed by atoms with van der Waals surface area (Å²) in [7, 11) is 0. The molecule has 0 aliphatic rings. The van der Waals surface area contributed by atoms with Crippen LogP contribution < -0.4 is 5.73 Å². The molecule has 0 aromatic heterocycles. The van der Waals surface area contributed by atoms with Crippen molar-refractivity contribution >= 4 is 22.9 Å². The molecule has 1 amide bonds. The molecule has 0 unspecified atom stereocenters. The number of aryl methyl sites for hydroxylation is 1. The standard InChI is InChI=1S/C11H15NO.BrH/c1-2-3-6-9-7-4-5-8-10(9)11(12)13;/h4-5,7-8H,2-3,6H2,1H3,(H2,12,13);1H. The van der Waals surface area contributed by atoms with Crippen LogP contribution in [0, 0.1) is 0 Å². The van der Waals surface area contributed by atoms with Crippen molar-refractivity contribution in [3.8, 4) is 0 Å². The van der Waals surface area contributed by atoms with Gasteiger partial charge in [-0.2, -0.15) is 0 Å². The molecule has 0 aliphatic carbocycles. The highest BCUT2D eigenvalue weighted by molar-refractivity contribution is 8.93. The van der Waals surface area contributed by atoms with Crippen LogP contribution in [0.25, 0.3) is 0 Å². The van der Waals surface area contributed by atoms with Gasteiger partial charge < -0.3 is 5.73 Å². The van der Waals surface area contributed by atoms with Gasteiger partial charge in [0.25, 0.3) is 0 Å². The Hall–Kier alpha value is -0.830. The molecule has 0 bridgehead atoms. The monoisotopic (exact) mass is 257 g/mol. The molecule has 0 fully saturated rings. The van der Waals surface area contributed by atoms with Crippen molar-refractivity contribution in [2.24, 2.45) is 5.73 Å². The van der Waals surface area contributed by atoms with E-state index >= 15 is 0 Å². The predicted octanol–water partition coefficient (Wildman–Crippen LogP) is 2.71. The SMILES string of the molecule is Br.CCCCc1ccccc1C(N)=O. The third-order valence-corrected chi connectivity index (χ3v) is 2.08. The second-order valence-corrected chi connectivity index (χ2v) is 3.12. The summed E-state index contributed by atoms with van der Waals surface area (Å²) < 4.78 is 0. The first kappa shape index (κ1) is 13.2. The van der Waals surface area contributed by atoms with Crippen molar-refractivity contribution in [3.63, 3.8) is 0 Å². The maximum absolute atomic E-state index is 11.0. The Morgan fingerprint density at radius 3 is 2.57 bits per heavy atom. The Morgan fingerprint density at radius 1 is 1.36 bits per heavy atom. The zero-order valence-corrected chi connectivity index (χ0v) is 10.0. The zero-order chi connectivity index (χ0) is 9.68. The Morgan fingerprint density at radius 2 is 2.00 bits per heavy atom. The Bertz CT molecular complexity index is 299. The van der Waals surface area contributed by atoms with Crippen molar-refractivity contribution < 1.29 is 4.79 Å². The van der Waals surface area contributed by atoms with E-state index in [4.69, 9.17) is 5.73 Å². The smallest absolute Gasteiger partial charge is 0.248 e. The van der Waals surface area contributed by atoms with E-state index in [0.717, 1.165) is 24.8 Å². The minimum Gasteiger partial charge on any atom is -0.366 e. The minimum absolute atomic E-state index is 0. The van der Waals surface area contributed by atoms with Gasteiger partial charge in [-0.1, -0.05) is 31.5 Å². The molecule has 2 nitrogen and oxygen atoms in total. The third-order valence-electron chi connectivity index (χ3n) is 2.08. The lowest BCUT2D eigenvalue weighted by Crippen LogP contribution is -2.13. The summed E-state index contributed by atoms with van der Waals surface area (Å²) in [5.41, 5.74) is 6.98. The highest BCUT2D eigenvalue weighted by Gasteiger charge is 2.05. The van der Waals surface area contributed by atoms with Crippen LogP contribution in [-0.4, -0.2) is 5.91 Å². The lowest BCUT2D eigenvalue weighted by molar-refractivity contribution is 0.0999. The maximum Gasteiger partial charge on any atom is 0.248 e. The van der Waals surface area contributed by atoms with Gasteiger partial charge in [0.15, 0.2) is 0 Å². The number of nitrogens with two attached hydrogens (primary N) is 1. The number of halogens is 1. The molecule has 78 valence electrons. The fourth-order valence-electron chi connectivity index (χ4n) is 1.35. The van der Waals surface area contributed by atoms with Crippen LogP contribution in [0.3, 0.4) is 0 Å².